The van der Waals surface area contributed by atoms with E-state index < -0.39 is 11.9 Å². The number of carbonyl (C=O) groups is 2. The van der Waals surface area contributed by atoms with Gasteiger partial charge in [0, 0.05) is 11.9 Å². The minimum Gasteiger partial charge on any atom is -0.550 e. The van der Waals surface area contributed by atoms with Crippen molar-refractivity contribution in [3.63, 3.8) is 0 Å². The van der Waals surface area contributed by atoms with Gasteiger partial charge in [-0.2, -0.15) is 0 Å². The van der Waals surface area contributed by atoms with Gasteiger partial charge < -0.3 is 31.3 Å². The molecule has 10 nitrogen and oxygen atoms in total. The van der Waals surface area contributed by atoms with Gasteiger partial charge in [0.05, 0.1) is 0 Å². The van der Waals surface area contributed by atoms with E-state index in [0.717, 1.165) is 36.7 Å². The number of carboxylic acids is 2. The van der Waals surface area contributed by atoms with Crippen LogP contribution in [0, 0.1) is 0 Å². The molecule has 2 rings (SSSR count). The zero-order chi connectivity index (χ0) is 19.1. The first kappa shape index (κ1) is 28.1. The number of carbonyl (C=O) groups excluding carboxylic acids is 2. The Morgan fingerprint density at radius 1 is 0.840 bits per heavy atom. The summed E-state index contributed by atoms with van der Waals surface area (Å²) in [7, 11) is 0. The van der Waals surface area contributed by atoms with Gasteiger partial charge in [0.25, 0.3) is 0 Å². The van der Waals surface area contributed by atoms with Crippen LogP contribution in [-0.4, -0.2) is 32.3 Å². The van der Waals surface area contributed by atoms with Crippen LogP contribution in [0.4, 0.5) is 10.3 Å². The summed E-state index contributed by atoms with van der Waals surface area (Å²) >= 11 is 2.89. The minimum absolute atomic E-state index is 0. The second kappa shape index (κ2) is 17.1. The van der Waals surface area contributed by atoms with Crippen LogP contribution in [-0.2, 0) is 41.9 Å². The minimum atomic E-state index is -1.08. The van der Waals surface area contributed by atoms with E-state index in [0.29, 0.717) is 10.3 Å². The first-order chi connectivity index (χ1) is 11.1. The van der Waals surface area contributed by atoms with E-state index in [-0.39, 0.29) is 19.5 Å². The standard InChI is InChI=1S/2C4H7N3S.2C2H4O2.Zn/c2*1-2-3-6-7-4(5)8-3;2*1-2(3)4;/h2*2H2,1H3,(H2,5,7);2*1H3,(H,3,4);/q;;;;+2/p-2. The van der Waals surface area contributed by atoms with Crippen LogP contribution in [0.15, 0.2) is 0 Å². The first-order valence-electron chi connectivity index (χ1n) is 6.63. The number of nitrogens with two attached hydrogens (primary N) is 2. The molecule has 0 atom stereocenters. The maximum atomic E-state index is 8.89. The topological polar surface area (TPSA) is 184 Å². The van der Waals surface area contributed by atoms with Crippen molar-refractivity contribution >= 4 is 44.9 Å². The number of nitrogen functional groups attached to an aromatic ring is 2. The van der Waals surface area contributed by atoms with Crippen LogP contribution in [0.3, 0.4) is 0 Å². The van der Waals surface area contributed by atoms with Gasteiger partial charge in [0.1, 0.15) is 10.0 Å². The molecule has 0 saturated heterocycles. The Labute approximate surface area is 166 Å². The largest absolute Gasteiger partial charge is 2.00 e. The summed E-state index contributed by atoms with van der Waals surface area (Å²) in [4.78, 5) is 17.8. The van der Waals surface area contributed by atoms with Crippen LogP contribution in [0.5, 0.6) is 0 Å². The smallest absolute Gasteiger partial charge is 0.550 e. The van der Waals surface area contributed by atoms with Crippen LogP contribution in [0.25, 0.3) is 0 Å². The molecule has 2 heterocycles. The fraction of sp³-hybridized carbons (Fsp3) is 0.500. The summed E-state index contributed by atoms with van der Waals surface area (Å²) in [5.74, 6) is -2.17. The third-order valence-corrected chi connectivity index (χ3v) is 3.36. The summed E-state index contributed by atoms with van der Waals surface area (Å²) in [6.45, 7) is 6.00. The van der Waals surface area contributed by atoms with E-state index >= 15 is 0 Å². The molecule has 25 heavy (non-hydrogen) atoms. The van der Waals surface area contributed by atoms with Gasteiger partial charge in [-0.3, -0.25) is 0 Å². The molecule has 0 spiro atoms. The van der Waals surface area contributed by atoms with Crippen molar-refractivity contribution in [1.29, 1.82) is 0 Å². The molecule has 0 fully saturated rings. The molecule has 0 aliphatic heterocycles. The molecule has 0 aliphatic carbocycles. The zero-order valence-corrected chi connectivity index (χ0v) is 19.1. The van der Waals surface area contributed by atoms with Crippen molar-refractivity contribution in [3.05, 3.63) is 10.0 Å². The maximum Gasteiger partial charge on any atom is 2.00 e. The second-order valence-corrected chi connectivity index (χ2v) is 5.95. The number of aliphatic carboxylic acids is 2. The van der Waals surface area contributed by atoms with Crippen molar-refractivity contribution in [2.75, 3.05) is 11.5 Å². The average molecular weight is 442 g/mol. The number of carboxylic acid groups (broad SMARTS) is 2. The van der Waals surface area contributed by atoms with Gasteiger partial charge in [-0.05, 0) is 26.7 Å². The maximum absolute atomic E-state index is 8.89. The van der Waals surface area contributed by atoms with Crippen molar-refractivity contribution in [2.45, 2.75) is 40.5 Å². The number of nitrogens with zero attached hydrogens (tertiary/aromatic N) is 4. The number of aryl methyl sites for hydroxylation is 2. The molecule has 0 aromatic carbocycles. The van der Waals surface area contributed by atoms with Gasteiger partial charge in [-0.15, -0.1) is 20.4 Å². The second-order valence-electron chi connectivity index (χ2n) is 3.76. The Balaban J connectivity index is -0.000000270. The zero-order valence-electron chi connectivity index (χ0n) is 14.5. The number of aromatic nitrogens is 4. The molecule has 0 aliphatic rings. The van der Waals surface area contributed by atoms with Crippen LogP contribution in [0.1, 0.15) is 37.7 Å². The third kappa shape index (κ3) is 22.3. The number of hydrogen-bond donors (Lipinski definition) is 2. The summed E-state index contributed by atoms with van der Waals surface area (Å²) in [5.41, 5.74) is 10.6. The fourth-order valence-corrected chi connectivity index (χ4v) is 1.92. The van der Waals surface area contributed by atoms with Crippen LogP contribution < -0.4 is 21.7 Å². The summed E-state index contributed by atoms with van der Waals surface area (Å²) < 4.78 is 0. The van der Waals surface area contributed by atoms with Crippen LogP contribution >= 0.6 is 22.7 Å². The van der Waals surface area contributed by atoms with E-state index in [2.05, 4.69) is 20.4 Å². The Morgan fingerprint density at radius 2 is 1.08 bits per heavy atom. The number of anilines is 2. The summed E-state index contributed by atoms with van der Waals surface area (Å²) in [5, 5.41) is 35.7. The van der Waals surface area contributed by atoms with Crippen molar-refractivity contribution < 1.29 is 39.3 Å². The predicted octanol–water partition coefficient (Wildman–Crippen LogP) is -1.12. The fourth-order valence-electron chi connectivity index (χ4n) is 0.819. The third-order valence-electron chi connectivity index (χ3n) is 1.57. The first-order valence-corrected chi connectivity index (χ1v) is 8.26. The molecule has 0 amide bonds. The molecular weight excluding hydrogens is 422 g/mol. The number of hydrogen-bond acceptors (Lipinski definition) is 12. The van der Waals surface area contributed by atoms with E-state index in [4.69, 9.17) is 31.3 Å². The van der Waals surface area contributed by atoms with Crippen molar-refractivity contribution in [3.8, 4) is 0 Å². The molecule has 0 bridgehead atoms. The Morgan fingerprint density at radius 3 is 1.16 bits per heavy atom. The van der Waals surface area contributed by atoms with Crippen molar-refractivity contribution in [1.82, 2.24) is 20.4 Å². The molecule has 136 valence electrons. The molecule has 2 aromatic rings. The Kier molecular flexibility index (Phi) is 19.2. The van der Waals surface area contributed by atoms with Gasteiger partial charge in [-0.25, -0.2) is 0 Å². The summed E-state index contributed by atoms with van der Waals surface area (Å²) in [6.07, 6.45) is 1.85. The molecule has 13 heteroatoms. The van der Waals surface area contributed by atoms with Crippen molar-refractivity contribution in [2.24, 2.45) is 0 Å². The monoisotopic (exact) mass is 440 g/mol. The van der Waals surface area contributed by atoms with E-state index in [9.17, 15) is 0 Å². The molecule has 0 unspecified atom stereocenters. The number of rotatable bonds is 2. The Bertz CT molecular complexity index is 548. The molecular formula is C12H20N6O4S2Zn. The van der Waals surface area contributed by atoms with E-state index in [1.54, 1.807) is 0 Å². The van der Waals surface area contributed by atoms with Gasteiger partial charge in [0.15, 0.2) is 0 Å². The normalized spacial score (nSPS) is 8.16. The van der Waals surface area contributed by atoms with Gasteiger partial charge >= 0.3 is 19.5 Å². The van der Waals surface area contributed by atoms with Gasteiger partial charge in [-0.1, -0.05) is 36.5 Å². The van der Waals surface area contributed by atoms with Crippen LogP contribution in [0.2, 0.25) is 0 Å². The summed E-state index contributed by atoms with van der Waals surface area (Å²) in [6, 6.07) is 0. The van der Waals surface area contributed by atoms with E-state index in [1.165, 1.54) is 22.7 Å². The Hall–Kier alpha value is -1.72. The molecule has 4 N–H and O–H groups in total. The SMILES string of the molecule is CC(=O)[O-].CC(=O)[O-].CCc1nnc(N)s1.CCc1nnc(N)s1.[Zn+2]. The molecule has 2 aromatic heterocycles. The van der Waals surface area contributed by atoms with E-state index in [1.807, 2.05) is 13.8 Å². The quantitative estimate of drug-likeness (QED) is 0.540. The predicted molar refractivity (Wildman–Crippen MR) is 88.8 cm³/mol. The molecule has 0 saturated carbocycles. The molecule has 0 radical (unpaired) electrons. The van der Waals surface area contributed by atoms with Gasteiger partial charge in [0.2, 0.25) is 10.3 Å². The average Bonchev–Trinajstić information content (AvgIpc) is 3.06.